The predicted octanol–water partition coefficient (Wildman–Crippen LogP) is 6.04. The van der Waals surface area contributed by atoms with Crippen molar-refractivity contribution >= 4 is 62.2 Å². The van der Waals surface area contributed by atoms with Crippen molar-refractivity contribution in [2.24, 2.45) is 0 Å². The second kappa shape index (κ2) is 9.59. The molecule has 0 bridgehead atoms. The van der Waals surface area contributed by atoms with Crippen LogP contribution in [0, 0.1) is 0 Å². The molecule has 1 N–H and O–H groups in total. The molecule has 1 amide bonds. The summed E-state index contributed by atoms with van der Waals surface area (Å²) in [6.45, 7) is 0. The molecule has 0 saturated heterocycles. The molecule has 1 heterocycles. The van der Waals surface area contributed by atoms with Crippen molar-refractivity contribution in [1.29, 1.82) is 0 Å². The summed E-state index contributed by atoms with van der Waals surface area (Å²) in [7, 11) is 1.55. The van der Waals surface area contributed by atoms with Crippen LogP contribution in [0.4, 0.5) is 5.69 Å². The van der Waals surface area contributed by atoms with Gasteiger partial charge >= 0.3 is 0 Å². The second-order valence-corrected chi connectivity index (χ2v) is 9.02. The Bertz CT molecular complexity index is 932. The summed E-state index contributed by atoms with van der Waals surface area (Å²) < 4.78 is 7.25. The van der Waals surface area contributed by atoms with Crippen molar-refractivity contribution in [2.45, 2.75) is 16.5 Å². The number of thiazole rings is 1. The Hall–Kier alpha value is -1.54. The summed E-state index contributed by atoms with van der Waals surface area (Å²) in [4.78, 5) is 16.9. The third kappa shape index (κ3) is 5.97. The highest BCUT2D eigenvalue weighted by molar-refractivity contribution is 9.10. The summed E-state index contributed by atoms with van der Waals surface area (Å²) in [5.74, 6) is 1.24. The van der Waals surface area contributed by atoms with Gasteiger partial charge in [-0.1, -0.05) is 51.4 Å². The molecule has 0 fully saturated rings. The van der Waals surface area contributed by atoms with Crippen LogP contribution in [0.25, 0.3) is 0 Å². The van der Waals surface area contributed by atoms with Gasteiger partial charge in [0.1, 0.15) is 10.1 Å². The van der Waals surface area contributed by atoms with E-state index in [-0.39, 0.29) is 12.3 Å². The Morgan fingerprint density at radius 1 is 1.30 bits per heavy atom. The summed E-state index contributed by atoms with van der Waals surface area (Å²) in [5.41, 5.74) is 2.53. The lowest BCUT2D eigenvalue weighted by atomic mass is 10.2. The number of carbonyl (C=O) groups is 1. The standard InChI is InChI=1S/C19H16BrClN2O2S2/c1-25-17-7-6-14(21)8-16(17)23-18(24)9-15-11-27-19(22-15)26-10-12-2-4-13(20)5-3-12/h2-8,11H,9-10H2,1H3,(H,23,24). The summed E-state index contributed by atoms with van der Waals surface area (Å²) in [6, 6.07) is 13.3. The van der Waals surface area contributed by atoms with Crippen molar-refractivity contribution in [3.05, 3.63) is 68.6 Å². The molecule has 0 atom stereocenters. The first kappa shape index (κ1) is 20.2. The molecular formula is C19H16BrClN2O2S2. The third-order valence-corrected chi connectivity index (χ3v) is 6.49. The van der Waals surface area contributed by atoms with E-state index in [1.54, 1.807) is 48.4 Å². The van der Waals surface area contributed by atoms with E-state index in [1.807, 2.05) is 17.5 Å². The molecule has 1 aromatic heterocycles. The van der Waals surface area contributed by atoms with Crippen LogP contribution in [0.2, 0.25) is 5.02 Å². The Morgan fingerprint density at radius 3 is 2.81 bits per heavy atom. The Morgan fingerprint density at radius 2 is 2.07 bits per heavy atom. The maximum Gasteiger partial charge on any atom is 0.230 e. The molecule has 4 nitrogen and oxygen atoms in total. The quantitative estimate of drug-likeness (QED) is 0.416. The first-order valence-electron chi connectivity index (χ1n) is 7.98. The molecule has 0 aliphatic carbocycles. The van der Waals surface area contributed by atoms with Crippen LogP contribution < -0.4 is 10.1 Å². The molecule has 2 aromatic carbocycles. The van der Waals surface area contributed by atoms with Gasteiger partial charge in [0.25, 0.3) is 0 Å². The minimum atomic E-state index is -0.162. The average Bonchev–Trinajstić information content (AvgIpc) is 3.08. The first-order valence-corrected chi connectivity index (χ1v) is 11.0. The maximum atomic E-state index is 12.3. The van der Waals surface area contributed by atoms with Crippen LogP contribution >= 0.6 is 50.6 Å². The van der Waals surface area contributed by atoms with E-state index in [0.29, 0.717) is 16.5 Å². The number of hydrogen-bond donors (Lipinski definition) is 1. The van der Waals surface area contributed by atoms with Gasteiger partial charge < -0.3 is 10.1 Å². The molecule has 3 rings (SSSR count). The van der Waals surface area contributed by atoms with Gasteiger partial charge in [0.05, 0.1) is 24.9 Å². The van der Waals surface area contributed by atoms with Crippen molar-refractivity contribution in [3.8, 4) is 5.75 Å². The molecule has 0 aliphatic heterocycles. The van der Waals surface area contributed by atoms with Crippen molar-refractivity contribution in [3.63, 3.8) is 0 Å². The third-order valence-electron chi connectivity index (χ3n) is 3.58. The van der Waals surface area contributed by atoms with Gasteiger partial charge in [-0.2, -0.15) is 0 Å². The lowest BCUT2D eigenvalue weighted by Crippen LogP contribution is -2.15. The highest BCUT2D eigenvalue weighted by Gasteiger charge is 2.12. The number of anilines is 1. The Kier molecular flexibility index (Phi) is 7.18. The molecule has 0 saturated carbocycles. The van der Waals surface area contributed by atoms with E-state index in [1.165, 1.54) is 5.56 Å². The normalized spacial score (nSPS) is 10.6. The Labute approximate surface area is 179 Å². The molecule has 0 aliphatic rings. The zero-order valence-electron chi connectivity index (χ0n) is 14.4. The number of ether oxygens (including phenoxy) is 1. The topological polar surface area (TPSA) is 51.2 Å². The highest BCUT2D eigenvalue weighted by atomic mass is 79.9. The van der Waals surface area contributed by atoms with Crippen LogP contribution in [0.5, 0.6) is 5.75 Å². The zero-order valence-corrected chi connectivity index (χ0v) is 18.3. The van der Waals surface area contributed by atoms with E-state index in [2.05, 4.69) is 38.4 Å². The minimum Gasteiger partial charge on any atom is -0.495 e. The largest absolute Gasteiger partial charge is 0.495 e. The van der Waals surface area contributed by atoms with Gasteiger partial charge in [-0.05, 0) is 35.9 Å². The number of hydrogen-bond acceptors (Lipinski definition) is 5. The average molecular weight is 484 g/mol. The van der Waals surface area contributed by atoms with Crippen molar-refractivity contribution in [1.82, 2.24) is 4.98 Å². The lowest BCUT2D eigenvalue weighted by Gasteiger charge is -2.10. The zero-order chi connectivity index (χ0) is 19.2. The number of amides is 1. The molecule has 3 aromatic rings. The number of aromatic nitrogens is 1. The summed E-state index contributed by atoms with van der Waals surface area (Å²) in [6.07, 6.45) is 0.199. The molecule has 0 unspecified atom stereocenters. The second-order valence-electron chi connectivity index (χ2n) is 5.59. The molecule has 0 spiro atoms. The van der Waals surface area contributed by atoms with Crippen molar-refractivity contribution < 1.29 is 9.53 Å². The number of benzene rings is 2. The fraction of sp³-hybridized carbons (Fsp3) is 0.158. The van der Waals surface area contributed by atoms with Crippen molar-refractivity contribution in [2.75, 3.05) is 12.4 Å². The highest BCUT2D eigenvalue weighted by Crippen LogP contribution is 2.29. The van der Waals surface area contributed by atoms with E-state index < -0.39 is 0 Å². The molecule has 140 valence electrons. The van der Waals surface area contributed by atoms with E-state index in [4.69, 9.17) is 16.3 Å². The van der Waals surface area contributed by atoms with Crippen LogP contribution in [0.15, 0.2) is 56.7 Å². The van der Waals surface area contributed by atoms with Gasteiger partial charge in [-0.3, -0.25) is 4.79 Å². The monoisotopic (exact) mass is 482 g/mol. The van der Waals surface area contributed by atoms with Crippen LogP contribution in [-0.4, -0.2) is 18.0 Å². The van der Waals surface area contributed by atoms with Crippen LogP contribution in [0.3, 0.4) is 0 Å². The van der Waals surface area contributed by atoms with E-state index in [0.717, 1.165) is 20.3 Å². The number of methoxy groups -OCH3 is 1. The molecule has 8 heteroatoms. The van der Waals surface area contributed by atoms with Gasteiger partial charge in [-0.15, -0.1) is 11.3 Å². The maximum absolute atomic E-state index is 12.3. The first-order chi connectivity index (χ1) is 13.0. The summed E-state index contributed by atoms with van der Waals surface area (Å²) >= 11 is 12.6. The lowest BCUT2D eigenvalue weighted by molar-refractivity contribution is -0.115. The van der Waals surface area contributed by atoms with E-state index >= 15 is 0 Å². The smallest absolute Gasteiger partial charge is 0.230 e. The summed E-state index contributed by atoms with van der Waals surface area (Å²) in [5, 5.41) is 5.28. The molecular weight excluding hydrogens is 468 g/mol. The fourth-order valence-electron chi connectivity index (χ4n) is 2.30. The van der Waals surface area contributed by atoms with Gasteiger partial charge in [0.2, 0.25) is 5.91 Å². The SMILES string of the molecule is COc1ccc(Cl)cc1NC(=O)Cc1csc(SCc2ccc(Br)cc2)n1. The van der Waals surface area contributed by atoms with Gasteiger partial charge in [0.15, 0.2) is 0 Å². The number of nitrogens with zero attached hydrogens (tertiary/aromatic N) is 1. The predicted molar refractivity (Wildman–Crippen MR) is 116 cm³/mol. The van der Waals surface area contributed by atoms with Gasteiger partial charge in [0, 0.05) is 20.6 Å². The fourth-order valence-corrected chi connectivity index (χ4v) is 4.54. The molecule has 27 heavy (non-hydrogen) atoms. The van der Waals surface area contributed by atoms with E-state index in [9.17, 15) is 4.79 Å². The molecule has 0 radical (unpaired) electrons. The van der Waals surface area contributed by atoms with Crippen LogP contribution in [0.1, 0.15) is 11.3 Å². The minimum absolute atomic E-state index is 0.162. The number of rotatable bonds is 7. The van der Waals surface area contributed by atoms with Crippen LogP contribution in [-0.2, 0) is 17.0 Å². The van der Waals surface area contributed by atoms with Gasteiger partial charge in [-0.25, -0.2) is 4.98 Å². The number of carbonyl (C=O) groups excluding carboxylic acids is 1. The number of halogens is 2. The number of nitrogens with one attached hydrogen (secondary N) is 1. The Balaban J connectivity index is 1.56. The number of thioether (sulfide) groups is 1.